The number of aromatic nitrogens is 3. The minimum absolute atomic E-state index is 0.00306. The lowest BCUT2D eigenvalue weighted by molar-refractivity contribution is -0.144. The fourth-order valence-electron chi connectivity index (χ4n) is 10.1. The normalized spacial score (nSPS) is 16.3. The zero-order valence-electron chi connectivity index (χ0n) is 48.4. The zero-order valence-corrected chi connectivity index (χ0v) is 50.0. The summed E-state index contributed by atoms with van der Waals surface area (Å²) >= 11 is 8.45. The number of amides is 4. The predicted octanol–water partition coefficient (Wildman–Crippen LogP) is 6.96. The number of nitrogens with zero attached hydrogens (tertiary/aromatic N) is 7. The van der Waals surface area contributed by atoms with Crippen molar-refractivity contribution in [2.45, 2.75) is 65.3 Å². The Kier molecular flexibility index (Phi) is 22.0. The van der Waals surface area contributed by atoms with E-state index >= 15 is 4.39 Å². The van der Waals surface area contributed by atoms with Gasteiger partial charge in [-0.2, -0.15) is 9.97 Å². The van der Waals surface area contributed by atoms with E-state index in [2.05, 4.69) is 27.2 Å². The van der Waals surface area contributed by atoms with E-state index in [1.807, 2.05) is 106 Å². The van der Waals surface area contributed by atoms with Crippen LogP contribution in [-0.2, 0) is 38.1 Å². The molecule has 23 heteroatoms. The summed E-state index contributed by atoms with van der Waals surface area (Å²) in [5.74, 6) is -1.83. The molecule has 2 aliphatic rings. The number of phenolic OH excluding ortho intramolecular Hbond substituents is 1. The van der Waals surface area contributed by atoms with Crippen molar-refractivity contribution in [3.8, 4) is 33.3 Å². The number of β-amino-alcohol motifs (C(OH)–C–C–N with tert-alkyl or cyclic N) is 1. The second kappa shape index (κ2) is 29.3. The van der Waals surface area contributed by atoms with E-state index < -0.39 is 41.2 Å². The van der Waals surface area contributed by atoms with Gasteiger partial charge in [0.05, 0.1) is 79.5 Å². The standard InChI is InChI=1S/C61H75ClFN9O11S/c1-8-51(76)70-17-19-71(20-18-70)57-47-34-48(62)52(46-32-43(73)31-42-11-9-10-12-45(42)46)53(63)54(47)67-60(68-57)83-24-22-69(7)21-23-79-25-26-80-27-28-81-29-30-82-36-50(75)66-56(61(4,5)6)59(78)72-35-44(74)33-49(72)58(77)65-38(2)40-13-15-41(16-14-40)55-39(3)64-37-84-55/h8-16,31-32,34,37-38,44,49,56,73-74H,1,17-30,33,35-36H2,2-7H3,(H,65,77)(H,66,75)/t38-,44+,49-,56+/m0/s1. The molecule has 6 aromatic rings. The number of benzene rings is 4. The molecule has 2 saturated heterocycles. The highest BCUT2D eigenvalue weighted by molar-refractivity contribution is 7.13. The van der Waals surface area contributed by atoms with Crippen LogP contribution in [0.25, 0.3) is 43.2 Å². The van der Waals surface area contributed by atoms with E-state index in [-0.39, 0.29) is 85.1 Å². The van der Waals surface area contributed by atoms with Crippen LogP contribution in [0.1, 0.15) is 51.4 Å². The number of aryl methyl sites for hydroxylation is 1. The van der Waals surface area contributed by atoms with E-state index in [0.717, 1.165) is 21.7 Å². The van der Waals surface area contributed by atoms with Crippen LogP contribution in [0.4, 0.5) is 10.2 Å². The Morgan fingerprint density at radius 3 is 2.23 bits per heavy atom. The molecule has 0 aliphatic carbocycles. The number of carbonyl (C=O) groups is 4. The molecule has 2 aliphatic heterocycles. The van der Waals surface area contributed by atoms with Gasteiger partial charge >= 0.3 is 6.01 Å². The number of piperazine rings is 1. The molecule has 2 fully saturated rings. The monoisotopic (exact) mass is 1200 g/mol. The van der Waals surface area contributed by atoms with E-state index in [0.29, 0.717) is 99.8 Å². The van der Waals surface area contributed by atoms with E-state index in [1.54, 1.807) is 28.4 Å². The van der Waals surface area contributed by atoms with Crippen LogP contribution in [0, 0.1) is 18.2 Å². The molecular formula is C61H75ClFN9O11S. The average Bonchev–Trinajstić information content (AvgIpc) is 1.61. The molecule has 450 valence electrons. The van der Waals surface area contributed by atoms with Gasteiger partial charge in [-0.1, -0.05) is 87.5 Å². The molecular weight excluding hydrogens is 1120 g/mol. The van der Waals surface area contributed by atoms with Gasteiger partial charge in [-0.05, 0) is 78.0 Å². The van der Waals surface area contributed by atoms with Crippen molar-refractivity contribution in [2.75, 3.05) is 117 Å². The van der Waals surface area contributed by atoms with Gasteiger partial charge in [0.1, 0.15) is 42.4 Å². The first-order valence-electron chi connectivity index (χ1n) is 28.1. The highest BCUT2D eigenvalue weighted by Crippen LogP contribution is 2.43. The van der Waals surface area contributed by atoms with Crippen molar-refractivity contribution in [3.05, 3.63) is 107 Å². The highest BCUT2D eigenvalue weighted by atomic mass is 35.5. The number of hydrogen-bond donors (Lipinski definition) is 4. The second-order valence-electron chi connectivity index (χ2n) is 21.9. The van der Waals surface area contributed by atoms with Gasteiger partial charge in [0.2, 0.25) is 23.6 Å². The van der Waals surface area contributed by atoms with Gasteiger partial charge in [0, 0.05) is 63.2 Å². The van der Waals surface area contributed by atoms with Crippen molar-refractivity contribution in [1.29, 1.82) is 0 Å². The summed E-state index contributed by atoms with van der Waals surface area (Å²) in [4.78, 5) is 74.9. The van der Waals surface area contributed by atoms with Crippen molar-refractivity contribution in [2.24, 2.45) is 5.41 Å². The van der Waals surface area contributed by atoms with Crippen LogP contribution in [0.15, 0.2) is 84.9 Å². The molecule has 0 unspecified atom stereocenters. The number of likely N-dealkylation sites (N-methyl/N-ethyl adjacent to an activating group) is 1. The number of carbonyl (C=O) groups excluding carboxylic acids is 4. The first-order valence-corrected chi connectivity index (χ1v) is 29.4. The first-order chi connectivity index (χ1) is 40.3. The Morgan fingerprint density at radius 2 is 1.56 bits per heavy atom. The molecule has 4 N–H and O–H groups in total. The summed E-state index contributed by atoms with van der Waals surface area (Å²) in [6.45, 7) is 17.5. The Bertz CT molecular complexity index is 3270. The molecule has 0 bridgehead atoms. The minimum atomic E-state index is -0.996. The van der Waals surface area contributed by atoms with Crippen LogP contribution in [0.5, 0.6) is 11.8 Å². The van der Waals surface area contributed by atoms with Crippen molar-refractivity contribution >= 4 is 74.1 Å². The van der Waals surface area contributed by atoms with Crippen molar-refractivity contribution < 1.29 is 57.5 Å². The first kappa shape index (κ1) is 63.1. The van der Waals surface area contributed by atoms with E-state index in [9.17, 15) is 29.4 Å². The molecule has 0 radical (unpaired) electrons. The molecule has 8 rings (SSSR count). The Balaban J connectivity index is 0.716. The number of aliphatic hydroxyl groups excluding tert-OH is 1. The van der Waals surface area contributed by atoms with Crippen molar-refractivity contribution in [3.63, 3.8) is 0 Å². The highest BCUT2D eigenvalue weighted by Gasteiger charge is 2.45. The number of rotatable bonds is 27. The van der Waals surface area contributed by atoms with Crippen LogP contribution in [0.3, 0.4) is 0 Å². The SMILES string of the molecule is C=CC(=O)N1CCN(c2nc(OCCN(C)CCOCCOCCOCCOCC(=O)N[C@H](C(=O)N3C[C@H](O)C[C@H]3C(=O)N[C@@H](C)c3ccc(-c4scnc4C)cc3)C(C)(C)C)nc3c(F)c(-c4cc(O)cc5ccccc45)c(Cl)cc23)CC1. The molecule has 0 spiro atoms. The lowest BCUT2D eigenvalue weighted by Gasteiger charge is -2.35. The van der Waals surface area contributed by atoms with E-state index in [4.69, 9.17) is 40.3 Å². The third-order valence-corrected chi connectivity index (χ3v) is 16.0. The van der Waals surface area contributed by atoms with Gasteiger partial charge in [0.25, 0.3) is 0 Å². The van der Waals surface area contributed by atoms with Gasteiger partial charge in [-0.25, -0.2) is 9.37 Å². The number of ether oxygens (including phenoxy) is 5. The molecule has 84 heavy (non-hydrogen) atoms. The smallest absolute Gasteiger partial charge is 0.319 e. The zero-order chi connectivity index (χ0) is 60.1. The third-order valence-electron chi connectivity index (χ3n) is 14.8. The van der Waals surface area contributed by atoms with Crippen LogP contribution >= 0.6 is 22.9 Å². The third kappa shape index (κ3) is 16.1. The van der Waals surface area contributed by atoms with Gasteiger partial charge in [-0.15, -0.1) is 11.3 Å². The Morgan fingerprint density at radius 1 is 0.893 bits per heavy atom. The summed E-state index contributed by atoms with van der Waals surface area (Å²) in [7, 11) is 1.92. The quantitative estimate of drug-likeness (QED) is 0.0302. The van der Waals surface area contributed by atoms with Gasteiger partial charge in [-0.3, -0.25) is 19.2 Å². The molecule has 4 amide bonds. The second-order valence-corrected chi connectivity index (χ2v) is 23.2. The lowest BCUT2D eigenvalue weighted by atomic mass is 9.85. The minimum Gasteiger partial charge on any atom is -0.508 e. The maximum absolute atomic E-state index is 17.0. The Hall–Kier alpha value is -6.89. The Labute approximate surface area is 497 Å². The van der Waals surface area contributed by atoms with Crippen LogP contribution in [0.2, 0.25) is 5.02 Å². The molecule has 4 heterocycles. The summed E-state index contributed by atoms with van der Waals surface area (Å²) in [6.07, 6.45) is 0.456. The number of likely N-dealkylation sites (tertiary alicyclic amines) is 1. The summed E-state index contributed by atoms with van der Waals surface area (Å²) in [5, 5.41) is 29.0. The number of thiazole rings is 1. The van der Waals surface area contributed by atoms with Gasteiger partial charge in [0.15, 0.2) is 5.82 Å². The van der Waals surface area contributed by atoms with Crippen LogP contribution in [-0.4, -0.2) is 194 Å². The number of halogens is 2. The number of hydrogen-bond acceptors (Lipinski definition) is 17. The van der Waals surface area contributed by atoms with E-state index in [1.165, 1.54) is 17.0 Å². The fourth-order valence-corrected chi connectivity index (χ4v) is 11.3. The fraction of sp³-hybridized carbons (Fsp3) is 0.459. The lowest BCUT2D eigenvalue weighted by Crippen LogP contribution is -2.58. The number of aliphatic hydroxyl groups is 1. The molecule has 20 nitrogen and oxygen atoms in total. The topological polar surface area (TPSA) is 231 Å². The summed E-state index contributed by atoms with van der Waals surface area (Å²) < 4.78 is 45.7. The number of aromatic hydroxyl groups is 1. The predicted molar refractivity (Wildman–Crippen MR) is 321 cm³/mol. The average molecular weight is 1200 g/mol. The molecule has 0 saturated carbocycles. The van der Waals surface area contributed by atoms with Crippen LogP contribution < -0.4 is 20.3 Å². The number of anilines is 1. The number of phenols is 1. The number of fused-ring (bicyclic) bond motifs is 2. The summed E-state index contributed by atoms with van der Waals surface area (Å²) in [6, 6.07) is 17.6. The molecule has 4 atom stereocenters. The maximum atomic E-state index is 17.0. The van der Waals surface area contributed by atoms with Crippen molar-refractivity contribution in [1.82, 2.24) is 40.3 Å². The van der Waals surface area contributed by atoms with Gasteiger partial charge < -0.3 is 64.1 Å². The molecule has 4 aromatic carbocycles. The largest absolute Gasteiger partial charge is 0.508 e. The maximum Gasteiger partial charge on any atom is 0.319 e. The molecule has 2 aromatic heterocycles. The number of nitrogens with one attached hydrogen (secondary N) is 2. The summed E-state index contributed by atoms with van der Waals surface area (Å²) in [5.41, 5.74) is 4.46.